The Labute approximate surface area is 141 Å². The van der Waals surface area contributed by atoms with Gasteiger partial charge in [-0.05, 0) is 24.5 Å². The zero-order valence-electron chi connectivity index (χ0n) is 14.9. The molecular weight excluding hydrogens is 310 g/mol. The average Bonchev–Trinajstić information content (AvgIpc) is 2.80. The van der Waals surface area contributed by atoms with Crippen molar-refractivity contribution in [2.24, 2.45) is 10.9 Å². The van der Waals surface area contributed by atoms with Crippen molar-refractivity contribution in [3.63, 3.8) is 0 Å². The van der Waals surface area contributed by atoms with Crippen molar-refractivity contribution in [3.8, 4) is 0 Å². The van der Waals surface area contributed by atoms with Gasteiger partial charge in [-0.1, -0.05) is 13.8 Å². The number of pyridine rings is 1. The Hall–Kier alpha value is -2.28. The van der Waals surface area contributed by atoms with Gasteiger partial charge >= 0.3 is 5.97 Å². The third-order valence-corrected chi connectivity index (χ3v) is 4.39. The summed E-state index contributed by atoms with van der Waals surface area (Å²) in [5.41, 5.74) is 0.464. The summed E-state index contributed by atoms with van der Waals surface area (Å²) >= 11 is 0. The summed E-state index contributed by atoms with van der Waals surface area (Å²) in [6.45, 7) is 5.99. The van der Waals surface area contributed by atoms with E-state index in [1.807, 2.05) is 13.8 Å². The molecule has 1 aliphatic rings. The molecule has 7 nitrogen and oxygen atoms in total. The Morgan fingerprint density at radius 1 is 1.38 bits per heavy atom. The molecule has 0 spiro atoms. The van der Waals surface area contributed by atoms with Crippen LogP contribution < -0.4 is 0 Å². The Bertz CT molecular complexity index is 699. The number of nitrogens with zero attached hydrogens (tertiary/aromatic N) is 3. The average molecular weight is 333 g/mol. The third kappa shape index (κ3) is 2.91. The standard InChI is InChI=1S/C17H23N3O4/c1-10(2)17(3)16(22)20(4)14(19-17)13-12(15(21)24-6)7-11(8-18-13)9-23-5/h7-8,10H,9H2,1-6H3. The molecule has 130 valence electrons. The van der Waals surface area contributed by atoms with Gasteiger partial charge < -0.3 is 9.47 Å². The molecule has 1 aromatic heterocycles. The molecule has 0 aliphatic carbocycles. The quantitative estimate of drug-likeness (QED) is 0.765. The first-order valence-corrected chi connectivity index (χ1v) is 7.70. The van der Waals surface area contributed by atoms with Gasteiger partial charge in [-0.25, -0.2) is 9.79 Å². The molecule has 1 atom stereocenters. The minimum absolute atomic E-state index is 0.0132. The van der Waals surface area contributed by atoms with Crippen LogP contribution in [0.15, 0.2) is 17.3 Å². The number of aliphatic imine (C=N–C) groups is 1. The molecule has 0 radical (unpaired) electrons. The van der Waals surface area contributed by atoms with Gasteiger partial charge in [0.2, 0.25) is 0 Å². The van der Waals surface area contributed by atoms with E-state index in [1.165, 1.54) is 12.0 Å². The highest BCUT2D eigenvalue weighted by Gasteiger charge is 2.46. The molecule has 7 heteroatoms. The maximum absolute atomic E-state index is 12.6. The molecule has 0 saturated heterocycles. The van der Waals surface area contributed by atoms with E-state index in [-0.39, 0.29) is 17.4 Å². The van der Waals surface area contributed by atoms with Crippen molar-refractivity contribution in [2.45, 2.75) is 32.9 Å². The van der Waals surface area contributed by atoms with Gasteiger partial charge in [-0.15, -0.1) is 0 Å². The fourth-order valence-corrected chi connectivity index (χ4v) is 2.56. The summed E-state index contributed by atoms with van der Waals surface area (Å²) in [4.78, 5) is 35.2. The highest BCUT2D eigenvalue weighted by Crippen LogP contribution is 2.31. The predicted molar refractivity (Wildman–Crippen MR) is 88.8 cm³/mol. The number of methoxy groups -OCH3 is 2. The number of carbonyl (C=O) groups excluding carboxylic acids is 2. The molecule has 2 heterocycles. The molecule has 1 aliphatic heterocycles. The molecule has 0 bridgehead atoms. The highest BCUT2D eigenvalue weighted by molar-refractivity contribution is 6.17. The molecule has 0 N–H and O–H groups in total. The van der Waals surface area contributed by atoms with Crippen molar-refractivity contribution < 1.29 is 19.1 Å². The van der Waals surface area contributed by atoms with Gasteiger partial charge in [0.05, 0.1) is 19.3 Å². The molecular formula is C17H23N3O4. The van der Waals surface area contributed by atoms with Crippen LogP contribution in [0.5, 0.6) is 0 Å². The summed E-state index contributed by atoms with van der Waals surface area (Å²) in [6.07, 6.45) is 1.61. The SMILES string of the molecule is COCc1cnc(C2=NC(C)(C(C)C)C(=O)N2C)c(C(=O)OC)c1. The first-order valence-electron chi connectivity index (χ1n) is 7.70. The van der Waals surface area contributed by atoms with Gasteiger partial charge in [-0.3, -0.25) is 14.7 Å². The number of rotatable bonds is 5. The van der Waals surface area contributed by atoms with Gasteiger partial charge in [0.25, 0.3) is 5.91 Å². The maximum atomic E-state index is 12.6. The van der Waals surface area contributed by atoms with E-state index in [0.29, 0.717) is 18.1 Å². The molecule has 0 aromatic carbocycles. The first-order chi connectivity index (χ1) is 11.3. The lowest BCUT2D eigenvalue weighted by molar-refractivity contribution is -0.131. The monoisotopic (exact) mass is 333 g/mol. The lowest BCUT2D eigenvalue weighted by atomic mass is 9.89. The van der Waals surface area contributed by atoms with E-state index in [4.69, 9.17) is 9.47 Å². The van der Waals surface area contributed by atoms with Crippen molar-refractivity contribution in [1.82, 2.24) is 9.88 Å². The normalized spacial score (nSPS) is 20.5. The fraction of sp³-hybridized carbons (Fsp3) is 0.529. The number of hydrogen-bond donors (Lipinski definition) is 0. The van der Waals surface area contributed by atoms with Crippen molar-refractivity contribution in [2.75, 3.05) is 21.3 Å². The molecule has 0 saturated carbocycles. The second-order valence-corrected chi connectivity index (χ2v) is 6.27. The van der Waals surface area contributed by atoms with Crippen LogP contribution in [0.2, 0.25) is 0 Å². The van der Waals surface area contributed by atoms with Crippen molar-refractivity contribution in [1.29, 1.82) is 0 Å². The topological polar surface area (TPSA) is 81.1 Å². The van der Waals surface area contributed by atoms with Crippen LogP contribution in [-0.2, 0) is 20.9 Å². The Morgan fingerprint density at radius 2 is 2.04 bits per heavy atom. The lowest BCUT2D eigenvalue weighted by Crippen LogP contribution is -2.42. The number of amidine groups is 1. The number of aromatic nitrogens is 1. The molecule has 1 amide bonds. The number of amides is 1. The van der Waals surface area contributed by atoms with E-state index >= 15 is 0 Å². The Kier molecular flexibility index (Phi) is 5.03. The lowest BCUT2D eigenvalue weighted by Gasteiger charge is -2.23. The minimum Gasteiger partial charge on any atom is -0.465 e. The highest BCUT2D eigenvalue weighted by atomic mass is 16.5. The smallest absolute Gasteiger partial charge is 0.340 e. The molecule has 24 heavy (non-hydrogen) atoms. The van der Waals surface area contributed by atoms with Crippen LogP contribution in [0.25, 0.3) is 0 Å². The van der Waals surface area contributed by atoms with E-state index in [2.05, 4.69) is 9.98 Å². The van der Waals surface area contributed by atoms with Crippen LogP contribution >= 0.6 is 0 Å². The minimum atomic E-state index is -0.871. The second kappa shape index (κ2) is 6.68. The van der Waals surface area contributed by atoms with Crippen LogP contribution in [0, 0.1) is 5.92 Å². The van der Waals surface area contributed by atoms with E-state index in [9.17, 15) is 9.59 Å². The van der Waals surface area contributed by atoms with Crippen LogP contribution in [0.3, 0.4) is 0 Å². The zero-order chi connectivity index (χ0) is 18.1. The zero-order valence-corrected chi connectivity index (χ0v) is 14.9. The number of carbonyl (C=O) groups is 2. The summed E-state index contributed by atoms with van der Waals surface area (Å²) in [5.74, 6) is -0.261. The maximum Gasteiger partial charge on any atom is 0.340 e. The summed E-state index contributed by atoms with van der Waals surface area (Å²) in [5, 5.41) is 0. The van der Waals surface area contributed by atoms with Gasteiger partial charge in [-0.2, -0.15) is 0 Å². The van der Waals surface area contributed by atoms with Crippen molar-refractivity contribution >= 4 is 17.7 Å². The Balaban J connectivity index is 2.59. The Morgan fingerprint density at radius 3 is 2.54 bits per heavy atom. The van der Waals surface area contributed by atoms with E-state index in [0.717, 1.165) is 5.56 Å². The molecule has 0 fully saturated rings. The number of likely N-dealkylation sites (N-methyl/N-ethyl adjacent to an activating group) is 1. The number of ether oxygens (including phenoxy) is 2. The van der Waals surface area contributed by atoms with Crippen LogP contribution in [0.1, 0.15) is 42.4 Å². The second-order valence-electron chi connectivity index (χ2n) is 6.27. The van der Waals surface area contributed by atoms with Crippen molar-refractivity contribution in [3.05, 3.63) is 29.1 Å². The van der Waals surface area contributed by atoms with Gasteiger partial charge in [0, 0.05) is 20.4 Å². The van der Waals surface area contributed by atoms with Crippen LogP contribution in [0.4, 0.5) is 0 Å². The largest absolute Gasteiger partial charge is 0.465 e. The molecule has 1 unspecified atom stereocenters. The van der Waals surface area contributed by atoms with E-state index < -0.39 is 11.5 Å². The molecule has 1 aromatic rings. The number of esters is 1. The van der Waals surface area contributed by atoms with Gasteiger partial charge in [0.1, 0.15) is 11.2 Å². The first kappa shape index (κ1) is 18.1. The number of hydrogen-bond acceptors (Lipinski definition) is 6. The van der Waals surface area contributed by atoms with Gasteiger partial charge in [0.15, 0.2) is 5.84 Å². The van der Waals surface area contributed by atoms with E-state index in [1.54, 1.807) is 33.3 Å². The summed E-state index contributed by atoms with van der Waals surface area (Å²) in [7, 11) is 4.51. The predicted octanol–water partition coefficient (Wildman–Crippen LogP) is 1.65. The van der Waals surface area contributed by atoms with Crippen LogP contribution in [-0.4, -0.2) is 54.4 Å². The fourth-order valence-electron chi connectivity index (χ4n) is 2.56. The third-order valence-electron chi connectivity index (χ3n) is 4.39. The summed E-state index contributed by atoms with van der Waals surface area (Å²) < 4.78 is 9.93. The summed E-state index contributed by atoms with van der Waals surface area (Å²) in [6, 6.07) is 1.66. The molecule has 2 rings (SSSR count).